The lowest BCUT2D eigenvalue weighted by Gasteiger charge is -2.08. The third-order valence-electron chi connectivity index (χ3n) is 4.56. The monoisotopic (exact) mass is 570 g/mol. The number of ether oxygens (including phenoxy) is 1. The van der Waals surface area contributed by atoms with Crippen LogP contribution in [0.5, 0.6) is 0 Å². The standard InChI is InChI=1S/C22H18BrF3N4O4S/c1-2-34-21(31)18-17(13-6-4-3-5-7-13)20(35-19(18)27-11-10-23)29-28-15-9-8-14(22(24,25)26)12-16(15)30(32)33/h3-9,12,27H,2,10-11H2,1H3. The Balaban J connectivity index is 2.18. The normalized spacial score (nSPS) is 11.6. The van der Waals surface area contributed by atoms with Gasteiger partial charge < -0.3 is 10.1 Å². The van der Waals surface area contributed by atoms with Crippen LogP contribution in [-0.4, -0.2) is 29.4 Å². The molecule has 35 heavy (non-hydrogen) atoms. The predicted octanol–water partition coefficient (Wildman–Crippen LogP) is 7.74. The van der Waals surface area contributed by atoms with Crippen LogP contribution in [0.15, 0.2) is 58.8 Å². The molecule has 0 saturated heterocycles. The van der Waals surface area contributed by atoms with Crippen LogP contribution in [0, 0.1) is 10.1 Å². The second-order valence-corrected chi connectivity index (χ2v) is 8.64. The van der Waals surface area contributed by atoms with Crippen molar-refractivity contribution in [3.8, 4) is 11.1 Å². The summed E-state index contributed by atoms with van der Waals surface area (Å²) in [6.07, 6.45) is -4.75. The number of nitrogens with zero attached hydrogens (tertiary/aromatic N) is 3. The van der Waals surface area contributed by atoms with Gasteiger partial charge in [-0.05, 0) is 24.6 Å². The third-order valence-corrected chi connectivity index (χ3v) is 5.99. The van der Waals surface area contributed by atoms with E-state index in [0.717, 1.165) is 17.4 Å². The molecule has 1 aromatic heterocycles. The van der Waals surface area contributed by atoms with E-state index in [9.17, 15) is 28.1 Å². The molecule has 0 fully saturated rings. The molecule has 0 bridgehead atoms. The van der Waals surface area contributed by atoms with Crippen LogP contribution in [-0.2, 0) is 10.9 Å². The lowest BCUT2D eigenvalue weighted by Crippen LogP contribution is -2.10. The summed E-state index contributed by atoms with van der Waals surface area (Å²) >= 11 is 4.39. The predicted molar refractivity (Wildman–Crippen MR) is 130 cm³/mol. The van der Waals surface area contributed by atoms with E-state index in [2.05, 4.69) is 31.5 Å². The molecule has 0 aliphatic heterocycles. The van der Waals surface area contributed by atoms with E-state index in [1.54, 1.807) is 37.3 Å². The molecule has 0 unspecified atom stereocenters. The quantitative estimate of drug-likeness (QED) is 0.0930. The number of thiophene rings is 1. The number of halogens is 4. The number of azo groups is 1. The zero-order valence-corrected chi connectivity index (χ0v) is 20.5. The van der Waals surface area contributed by atoms with E-state index in [4.69, 9.17) is 4.74 Å². The number of nitro groups is 1. The SMILES string of the molecule is CCOC(=O)c1c(NCCBr)sc(N=Nc2ccc(C(F)(F)F)cc2[N+](=O)[O-])c1-c1ccccc1. The maximum absolute atomic E-state index is 13.0. The van der Waals surface area contributed by atoms with Gasteiger partial charge in [0.2, 0.25) is 0 Å². The number of carbonyl (C=O) groups excluding carboxylic acids is 1. The molecule has 0 spiro atoms. The molecule has 1 N–H and O–H groups in total. The summed E-state index contributed by atoms with van der Waals surface area (Å²) in [4.78, 5) is 23.3. The summed E-state index contributed by atoms with van der Waals surface area (Å²) in [5.41, 5.74) is -1.14. The molecule has 13 heteroatoms. The van der Waals surface area contributed by atoms with Gasteiger partial charge in [0.05, 0.1) is 17.1 Å². The molecule has 0 amide bonds. The molecule has 3 aromatic rings. The Morgan fingerprint density at radius 1 is 1.20 bits per heavy atom. The maximum Gasteiger partial charge on any atom is 0.416 e. The Hall–Kier alpha value is -3.32. The molecular weight excluding hydrogens is 553 g/mol. The van der Waals surface area contributed by atoms with Gasteiger partial charge in [-0.2, -0.15) is 13.2 Å². The molecule has 1 heterocycles. The van der Waals surface area contributed by atoms with Gasteiger partial charge in [-0.25, -0.2) is 4.79 Å². The fourth-order valence-corrected chi connectivity index (χ4v) is 4.33. The van der Waals surface area contributed by atoms with Crippen molar-refractivity contribution in [2.75, 3.05) is 23.8 Å². The number of hydrogen-bond donors (Lipinski definition) is 1. The first-order valence-corrected chi connectivity index (χ1v) is 12.1. The van der Waals surface area contributed by atoms with Crippen molar-refractivity contribution >= 4 is 54.6 Å². The number of alkyl halides is 4. The topological polar surface area (TPSA) is 106 Å². The molecule has 0 radical (unpaired) electrons. The molecule has 0 aliphatic carbocycles. The highest BCUT2D eigenvalue weighted by Crippen LogP contribution is 2.47. The van der Waals surface area contributed by atoms with Gasteiger partial charge in [-0.1, -0.05) is 57.6 Å². The first-order valence-electron chi connectivity index (χ1n) is 10.1. The lowest BCUT2D eigenvalue weighted by molar-refractivity contribution is -0.384. The molecule has 0 atom stereocenters. The summed E-state index contributed by atoms with van der Waals surface area (Å²) in [5.74, 6) is -0.596. The largest absolute Gasteiger partial charge is 0.462 e. The van der Waals surface area contributed by atoms with Crippen LogP contribution in [0.1, 0.15) is 22.8 Å². The van der Waals surface area contributed by atoms with Crippen molar-refractivity contribution in [1.29, 1.82) is 0 Å². The highest BCUT2D eigenvalue weighted by atomic mass is 79.9. The van der Waals surface area contributed by atoms with Gasteiger partial charge in [-0.3, -0.25) is 10.1 Å². The van der Waals surface area contributed by atoms with Crippen LogP contribution < -0.4 is 5.32 Å². The van der Waals surface area contributed by atoms with E-state index in [0.29, 0.717) is 40.1 Å². The van der Waals surface area contributed by atoms with E-state index in [1.165, 1.54) is 0 Å². The number of carbonyl (C=O) groups is 1. The first kappa shape index (κ1) is 26.3. The second-order valence-electron chi connectivity index (χ2n) is 6.85. The average Bonchev–Trinajstić information content (AvgIpc) is 3.19. The third kappa shape index (κ3) is 6.22. The van der Waals surface area contributed by atoms with Crippen LogP contribution in [0.3, 0.4) is 0 Å². The van der Waals surface area contributed by atoms with Crippen LogP contribution >= 0.6 is 27.3 Å². The smallest absolute Gasteiger partial charge is 0.416 e. The fraction of sp³-hybridized carbons (Fsp3) is 0.227. The van der Waals surface area contributed by atoms with Crippen molar-refractivity contribution in [3.05, 3.63) is 69.8 Å². The zero-order valence-electron chi connectivity index (χ0n) is 18.1. The summed E-state index contributed by atoms with van der Waals surface area (Å²) in [7, 11) is 0. The zero-order chi connectivity index (χ0) is 25.6. The Labute approximate surface area is 210 Å². The maximum atomic E-state index is 13.0. The number of nitro benzene ring substituents is 1. The first-order chi connectivity index (χ1) is 16.7. The Morgan fingerprint density at radius 3 is 2.51 bits per heavy atom. The van der Waals surface area contributed by atoms with Crippen molar-refractivity contribution in [1.82, 2.24) is 0 Å². The summed E-state index contributed by atoms with van der Waals surface area (Å²) in [6.45, 7) is 2.28. The number of anilines is 1. The van der Waals surface area contributed by atoms with Crippen molar-refractivity contribution in [2.45, 2.75) is 13.1 Å². The summed E-state index contributed by atoms with van der Waals surface area (Å²) < 4.78 is 44.3. The molecular formula is C22H18BrF3N4O4S. The van der Waals surface area contributed by atoms with E-state index in [1.807, 2.05) is 0 Å². The number of nitrogens with one attached hydrogen (secondary N) is 1. The Bertz CT molecular complexity index is 1250. The van der Waals surface area contributed by atoms with Gasteiger partial charge in [0.25, 0.3) is 5.69 Å². The van der Waals surface area contributed by atoms with Crippen LogP contribution in [0.2, 0.25) is 0 Å². The fourth-order valence-electron chi connectivity index (χ4n) is 3.08. The van der Waals surface area contributed by atoms with E-state index < -0.39 is 28.3 Å². The number of benzene rings is 2. The van der Waals surface area contributed by atoms with E-state index >= 15 is 0 Å². The molecule has 2 aromatic carbocycles. The highest BCUT2D eigenvalue weighted by Gasteiger charge is 2.33. The Morgan fingerprint density at radius 2 is 1.91 bits per heavy atom. The molecule has 3 rings (SSSR count). The van der Waals surface area contributed by atoms with Gasteiger partial charge >= 0.3 is 12.1 Å². The minimum atomic E-state index is -4.75. The highest BCUT2D eigenvalue weighted by molar-refractivity contribution is 9.09. The lowest BCUT2D eigenvalue weighted by atomic mass is 10.0. The molecule has 184 valence electrons. The van der Waals surface area contributed by atoms with Gasteiger partial charge in [0.1, 0.15) is 15.6 Å². The van der Waals surface area contributed by atoms with Crippen molar-refractivity contribution < 1.29 is 27.6 Å². The minimum absolute atomic E-state index is 0.134. The Kier molecular flexibility index (Phi) is 8.57. The number of esters is 1. The van der Waals surface area contributed by atoms with Gasteiger partial charge in [0, 0.05) is 23.5 Å². The van der Waals surface area contributed by atoms with Gasteiger partial charge in [-0.15, -0.1) is 10.2 Å². The van der Waals surface area contributed by atoms with Crippen molar-refractivity contribution in [2.24, 2.45) is 10.2 Å². The van der Waals surface area contributed by atoms with Crippen LogP contribution in [0.4, 0.5) is 34.5 Å². The van der Waals surface area contributed by atoms with Gasteiger partial charge in [0.15, 0.2) is 5.69 Å². The number of hydrogen-bond acceptors (Lipinski definition) is 8. The minimum Gasteiger partial charge on any atom is -0.462 e. The molecule has 0 saturated carbocycles. The average molecular weight is 571 g/mol. The van der Waals surface area contributed by atoms with E-state index in [-0.39, 0.29) is 22.9 Å². The second kappa shape index (κ2) is 11.4. The molecule has 8 nitrogen and oxygen atoms in total. The number of rotatable bonds is 9. The van der Waals surface area contributed by atoms with Crippen molar-refractivity contribution in [3.63, 3.8) is 0 Å². The molecule has 0 aliphatic rings. The summed E-state index contributed by atoms with van der Waals surface area (Å²) in [5, 5.41) is 23.8. The summed E-state index contributed by atoms with van der Waals surface area (Å²) in [6, 6.07) is 10.8. The van der Waals surface area contributed by atoms with Crippen LogP contribution in [0.25, 0.3) is 11.1 Å².